The molecule has 27 heavy (non-hydrogen) atoms. The van der Waals surface area contributed by atoms with Crippen LogP contribution in [0.15, 0.2) is 40.2 Å². The van der Waals surface area contributed by atoms with E-state index in [0.29, 0.717) is 5.25 Å². The fraction of sp³-hybridized carbons (Fsp3) is 0.650. The Kier molecular flexibility index (Phi) is 10.2. The van der Waals surface area contributed by atoms with E-state index >= 15 is 0 Å². The average Bonchev–Trinajstić information content (AvgIpc) is 3.21. The van der Waals surface area contributed by atoms with Crippen molar-refractivity contribution in [2.24, 2.45) is 4.99 Å². The molecule has 2 heterocycles. The van der Waals surface area contributed by atoms with Gasteiger partial charge in [0.15, 0.2) is 5.96 Å². The van der Waals surface area contributed by atoms with E-state index in [2.05, 4.69) is 54.4 Å². The molecule has 0 bridgehead atoms. The number of halogens is 1. The Morgan fingerprint density at radius 3 is 2.74 bits per heavy atom. The van der Waals surface area contributed by atoms with Crippen LogP contribution in [-0.4, -0.2) is 67.7 Å². The number of ether oxygens (including phenoxy) is 2. The van der Waals surface area contributed by atoms with Crippen molar-refractivity contribution in [2.75, 3.05) is 39.4 Å². The molecule has 2 fully saturated rings. The predicted molar refractivity (Wildman–Crippen MR) is 123 cm³/mol. The Morgan fingerprint density at radius 2 is 2.04 bits per heavy atom. The molecule has 0 aliphatic carbocycles. The summed E-state index contributed by atoms with van der Waals surface area (Å²) in [4.78, 5) is 8.54. The van der Waals surface area contributed by atoms with Crippen LogP contribution in [0.4, 0.5) is 0 Å². The largest absolute Gasteiger partial charge is 0.375 e. The van der Waals surface area contributed by atoms with Crippen LogP contribution in [0, 0.1) is 0 Å². The monoisotopic (exact) mass is 505 g/mol. The number of morpholine rings is 1. The van der Waals surface area contributed by atoms with Gasteiger partial charge in [-0.1, -0.05) is 25.1 Å². The van der Waals surface area contributed by atoms with E-state index in [0.717, 1.165) is 58.2 Å². The summed E-state index contributed by atoms with van der Waals surface area (Å²) in [6, 6.07) is 10.5. The molecule has 0 aromatic heterocycles. The first-order valence-electron chi connectivity index (χ1n) is 9.74. The molecular formula is C20H32IN3O2S. The third-order valence-electron chi connectivity index (χ3n) is 4.69. The summed E-state index contributed by atoms with van der Waals surface area (Å²) >= 11 is 1.87. The van der Waals surface area contributed by atoms with Crippen molar-refractivity contribution in [1.29, 1.82) is 0 Å². The minimum atomic E-state index is 0. The van der Waals surface area contributed by atoms with Crippen molar-refractivity contribution in [2.45, 2.75) is 49.0 Å². The SMILES string of the molecule is CCNC(=NCC(C)Sc1ccccc1)N1CCOC(C2CCCO2)C1.I. The van der Waals surface area contributed by atoms with E-state index in [4.69, 9.17) is 14.5 Å². The lowest BCUT2D eigenvalue weighted by Crippen LogP contribution is -2.53. The fourth-order valence-corrected chi connectivity index (χ4v) is 4.33. The normalized spacial score (nSPS) is 24.4. The van der Waals surface area contributed by atoms with E-state index in [1.165, 1.54) is 4.90 Å². The van der Waals surface area contributed by atoms with Crippen LogP contribution in [0.1, 0.15) is 26.7 Å². The molecule has 1 aromatic rings. The molecular weight excluding hydrogens is 473 g/mol. The Labute approximate surface area is 184 Å². The maximum Gasteiger partial charge on any atom is 0.194 e. The lowest BCUT2D eigenvalue weighted by atomic mass is 10.1. The van der Waals surface area contributed by atoms with Gasteiger partial charge >= 0.3 is 0 Å². The molecule has 2 aliphatic rings. The molecule has 7 heteroatoms. The quantitative estimate of drug-likeness (QED) is 0.277. The van der Waals surface area contributed by atoms with Crippen LogP contribution < -0.4 is 5.32 Å². The lowest BCUT2D eigenvalue weighted by Gasteiger charge is -2.37. The van der Waals surface area contributed by atoms with Gasteiger partial charge in [-0.3, -0.25) is 4.99 Å². The van der Waals surface area contributed by atoms with Crippen molar-refractivity contribution in [1.82, 2.24) is 10.2 Å². The number of guanidine groups is 1. The zero-order chi connectivity index (χ0) is 18.2. The molecule has 0 saturated carbocycles. The highest BCUT2D eigenvalue weighted by Crippen LogP contribution is 2.23. The van der Waals surface area contributed by atoms with Crippen molar-refractivity contribution in [3.05, 3.63) is 30.3 Å². The zero-order valence-electron chi connectivity index (χ0n) is 16.3. The highest BCUT2D eigenvalue weighted by atomic mass is 127. The minimum Gasteiger partial charge on any atom is -0.375 e. The number of aliphatic imine (C=N–C) groups is 1. The highest BCUT2D eigenvalue weighted by molar-refractivity contribution is 14.0. The first-order chi connectivity index (χ1) is 12.8. The van der Waals surface area contributed by atoms with Gasteiger partial charge in [0.2, 0.25) is 0 Å². The van der Waals surface area contributed by atoms with E-state index in [9.17, 15) is 0 Å². The van der Waals surface area contributed by atoms with E-state index < -0.39 is 0 Å². The summed E-state index contributed by atoms with van der Waals surface area (Å²) in [7, 11) is 0. The first-order valence-corrected chi connectivity index (χ1v) is 10.6. The van der Waals surface area contributed by atoms with Crippen molar-refractivity contribution in [3.63, 3.8) is 0 Å². The second-order valence-corrected chi connectivity index (χ2v) is 8.35. The summed E-state index contributed by atoms with van der Waals surface area (Å²) < 4.78 is 11.8. The molecule has 1 N–H and O–H groups in total. The van der Waals surface area contributed by atoms with Gasteiger partial charge in [-0.25, -0.2) is 0 Å². The number of nitrogens with zero attached hydrogens (tertiary/aromatic N) is 2. The van der Waals surface area contributed by atoms with Crippen LogP contribution in [0.2, 0.25) is 0 Å². The Hall–Kier alpha value is -0.510. The topological polar surface area (TPSA) is 46.1 Å². The third kappa shape index (κ3) is 7.11. The number of hydrogen-bond donors (Lipinski definition) is 1. The Morgan fingerprint density at radius 1 is 1.26 bits per heavy atom. The summed E-state index contributed by atoms with van der Waals surface area (Å²) in [5, 5.41) is 3.88. The molecule has 5 nitrogen and oxygen atoms in total. The van der Waals surface area contributed by atoms with Gasteiger partial charge in [-0.05, 0) is 31.9 Å². The van der Waals surface area contributed by atoms with Crippen molar-refractivity contribution < 1.29 is 9.47 Å². The molecule has 152 valence electrons. The van der Waals surface area contributed by atoms with Gasteiger partial charge in [-0.15, -0.1) is 35.7 Å². The molecule has 0 spiro atoms. The third-order valence-corrected chi connectivity index (χ3v) is 5.78. The van der Waals surface area contributed by atoms with Crippen LogP contribution in [-0.2, 0) is 9.47 Å². The molecule has 3 unspecified atom stereocenters. The molecule has 3 rings (SSSR count). The standard InChI is InChI=1S/C20H31N3O2S.HI/c1-3-21-20(22-14-16(2)26-17-8-5-4-6-9-17)23-11-13-25-19(15-23)18-10-7-12-24-18;/h4-6,8-9,16,18-19H,3,7,10-15H2,1-2H3,(H,21,22);1H. The first kappa shape index (κ1) is 22.8. The summed E-state index contributed by atoms with van der Waals surface area (Å²) in [6.07, 6.45) is 2.66. The summed E-state index contributed by atoms with van der Waals surface area (Å²) in [6.45, 7) is 9.38. The van der Waals surface area contributed by atoms with E-state index in [1.807, 2.05) is 11.8 Å². The Balaban J connectivity index is 0.00000261. The number of nitrogens with one attached hydrogen (secondary N) is 1. The maximum atomic E-state index is 5.97. The van der Waals surface area contributed by atoms with Crippen molar-refractivity contribution >= 4 is 41.7 Å². The molecule has 3 atom stereocenters. The van der Waals surface area contributed by atoms with Gasteiger partial charge in [-0.2, -0.15) is 0 Å². The van der Waals surface area contributed by atoms with Crippen LogP contribution in [0.5, 0.6) is 0 Å². The molecule has 0 amide bonds. The zero-order valence-corrected chi connectivity index (χ0v) is 19.4. The smallest absolute Gasteiger partial charge is 0.194 e. The van der Waals surface area contributed by atoms with Gasteiger partial charge in [0.25, 0.3) is 0 Å². The van der Waals surface area contributed by atoms with Crippen LogP contribution in [0.25, 0.3) is 0 Å². The number of benzene rings is 1. The number of rotatable bonds is 6. The average molecular weight is 505 g/mol. The van der Waals surface area contributed by atoms with Gasteiger partial charge in [0.05, 0.1) is 19.3 Å². The Bertz CT molecular complexity index is 570. The maximum absolute atomic E-state index is 5.97. The molecule has 0 radical (unpaired) electrons. The molecule has 2 saturated heterocycles. The van der Waals surface area contributed by atoms with E-state index in [-0.39, 0.29) is 36.2 Å². The van der Waals surface area contributed by atoms with Crippen LogP contribution in [0.3, 0.4) is 0 Å². The second-order valence-electron chi connectivity index (χ2n) is 6.84. The molecule has 2 aliphatic heterocycles. The lowest BCUT2D eigenvalue weighted by molar-refractivity contribution is -0.0817. The second kappa shape index (κ2) is 12.1. The van der Waals surface area contributed by atoms with Crippen molar-refractivity contribution in [3.8, 4) is 0 Å². The predicted octanol–water partition coefficient (Wildman–Crippen LogP) is 3.63. The van der Waals surface area contributed by atoms with Crippen LogP contribution >= 0.6 is 35.7 Å². The summed E-state index contributed by atoms with van der Waals surface area (Å²) in [5.74, 6) is 0.999. The molecule has 1 aromatic carbocycles. The minimum absolute atomic E-state index is 0. The van der Waals surface area contributed by atoms with Gasteiger partial charge in [0, 0.05) is 36.4 Å². The number of hydrogen-bond acceptors (Lipinski definition) is 4. The fourth-order valence-electron chi connectivity index (χ4n) is 3.40. The van der Waals surface area contributed by atoms with E-state index in [1.54, 1.807) is 0 Å². The highest BCUT2D eigenvalue weighted by Gasteiger charge is 2.32. The summed E-state index contributed by atoms with van der Waals surface area (Å²) in [5.41, 5.74) is 0. The van der Waals surface area contributed by atoms with Gasteiger partial charge in [0.1, 0.15) is 6.10 Å². The number of thioether (sulfide) groups is 1. The van der Waals surface area contributed by atoms with Gasteiger partial charge < -0.3 is 19.7 Å².